The van der Waals surface area contributed by atoms with Gasteiger partial charge in [0.1, 0.15) is 5.54 Å². The molecule has 0 aliphatic carbocycles. The molecular weight excluding hydrogens is 270 g/mol. The monoisotopic (exact) mass is 295 g/mol. The van der Waals surface area contributed by atoms with Gasteiger partial charge in [0.05, 0.1) is 7.11 Å². The van der Waals surface area contributed by atoms with Gasteiger partial charge in [-0.2, -0.15) is 11.8 Å². The minimum atomic E-state index is -0.641. The largest absolute Gasteiger partial charge is 0.468 e. The van der Waals surface area contributed by atoms with Gasteiger partial charge in [-0.25, -0.2) is 0 Å². The number of aryl methyl sites for hydroxylation is 1. The smallest absolute Gasteiger partial charge is 0.326 e. The van der Waals surface area contributed by atoms with Gasteiger partial charge >= 0.3 is 5.97 Å². The molecule has 0 aliphatic heterocycles. The Morgan fingerprint density at radius 1 is 1.45 bits per heavy atom. The highest BCUT2D eigenvalue weighted by Gasteiger charge is 2.34. The van der Waals surface area contributed by atoms with Crippen molar-refractivity contribution in [2.24, 2.45) is 0 Å². The van der Waals surface area contributed by atoms with E-state index in [4.69, 9.17) is 4.74 Å². The summed E-state index contributed by atoms with van der Waals surface area (Å²) in [5.74, 6) is 1.38. The van der Waals surface area contributed by atoms with Crippen LogP contribution in [0, 0.1) is 6.92 Å². The van der Waals surface area contributed by atoms with E-state index in [9.17, 15) is 4.79 Å². The van der Waals surface area contributed by atoms with E-state index in [1.54, 1.807) is 11.8 Å². The number of rotatable bonds is 7. The molecule has 1 rings (SSSR count). The van der Waals surface area contributed by atoms with Gasteiger partial charge in [0, 0.05) is 17.5 Å². The molecule has 1 unspecified atom stereocenters. The Bertz CT molecular complexity index is 448. The number of methoxy groups -OCH3 is 1. The summed E-state index contributed by atoms with van der Waals surface area (Å²) < 4.78 is 4.92. The average molecular weight is 295 g/mol. The van der Waals surface area contributed by atoms with E-state index >= 15 is 0 Å². The second-order valence-electron chi connectivity index (χ2n) is 5.60. The van der Waals surface area contributed by atoms with Crippen molar-refractivity contribution in [1.29, 1.82) is 0 Å². The van der Waals surface area contributed by atoms with Crippen molar-refractivity contribution < 1.29 is 9.53 Å². The van der Waals surface area contributed by atoms with Crippen LogP contribution in [-0.4, -0.2) is 30.4 Å². The van der Waals surface area contributed by atoms with E-state index in [0.717, 1.165) is 5.75 Å². The molecule has 0 heterocycles. The van der Waals surface area contributed by atoms with Crippen molar-refractivity contribution in [3.05, 3.63) is 35.4 Å². The van der Waals surface area contributed by atoms with Crippen molar-refractivity contribution in [1.82, 2.24) is 5.32 Å². The van der Waals surface area contributed by atoms with Crippen LogP contribution in [-0.2, 0) is 15.3 Å². The lowest BCUT2D eigenvalue weighted by atomic mass is 10.0. The molecule has 0 bridgehead atoms. The molecule has 0 aliphatic rings. The number of esters is 1. The van der Waals surface area contributed by atoms with Crippen LogP contribution >= 0.6 is 11.8 Å². The molecule has 3 nitrogen and oxygen atoms in total. The number of ether oxygens (including phenoxy) is 1. The number of carbonyl (C=O) groups excluding carboxylic acids is 1. The van der Waals surface area contributed by atoms with Gasteiger partial charge in [-0.1, -0.05) is 29.8 Å². The molecule has 0 saturated heterocycles. The van der Waals surface area contributed by atoms with E-state index in [1.807, 2.05) is 20.8 Å². The topological polar surface area (TPSA) is 38.3 Å². The summed E-state index contributed by atoms with van der Waals surface area (Å²) in [5.41, 5.74) is 1.91. The van der Waals surface area contributed by atoms with Crippen molar-refractivity contribution >= 4 is 17.7 Å². The van der Waals surface area contributed by atoms with Gasteiger partial charge in [-0.05, 0) is 33.3 Å². The Morgan fingerprint density at radius 2 is 2.15 bits per heavy atom. The highest BCUT2D eigenvalue weighted by molar-refractivity contribution is 7.98. The molecule has 0 saturated carbocycles. The fraction of sp³-hybridized carbons (Fsp3) is 0.562. The quantitative estimate of drug-likeness (QED) is 0.784. The van der Waals surface area contributed by atoms with Gasteiger partial charge in [0.25, 0.3) is 0 Å². The molecule has 1 atom stereocenters. The highest BCUT2D eigenvalue weighted by Crippen LogP contribution is 2.20. The fourth-order valence-electron chi connectivity index (χ4n) is 2.20. The van der Waals surface area contributed by atoms with Gasteiger partial charge in [-0.3, -0.25) is 10.1 Å². The molecule has 4 heteroatoms. The molecule has 0 spiro atoms. The van der Waals surface area contributed by atoms with Gasteiger partial charge in [0.15, 0.2) is 0 Å². The van der Waals surface area contributed by atoms with Crippen LogP contribution < -0.4 is 5.32 Å². The van der Waals surface area contributed by atoms with E-state index in [0.29, 0.717) is 5.75 Å². The second-order valence-corrected chi connectivity index (χ2v) is 6.59. The number of benzene rings is 1. The summed E-state index contributed by atoms with van der Waals surface area (Å²) in [6.07, 6.45) is 0. The fourth-order valence-corrected chi connectivity index (χ4v) is 3.32. The normalized spacial score (nSPS) is 14.1. The van der Waals surface area contributed by atoms with Crippen LogP contribution in [0.2, 0.25) is 0 Å². The summed E-state index contributed by atoms with van der Waals surface area (Å²) in [4.78, 5) is 12.0. The first-order chi connectivity index (χ1) is 9.37. The first-order valence-corrected chi connectivity index (χ1v) is 8.02. The van der Waals surface area contributed by atoms with Crippen LogP contribution in [0.5, 0.6) is 0 Å². The van der Waals surface area contributed by atoms with Gasteiger partial charge in [0.2, 0.25) is 0 Å². The molecular formula is C16H25NO2S. The van der Waals surface area contributed by atoms with Crippen LogP contribution in [0.3, 0.4) is 0 Å². The predicted octanol–water partition coefficient (Wildman–Crippen LogP) is 3.16. The Balaban J connectivity index is 2.60. The van der Waals surface area contributed by atoms with Crippen molar-refractivity contribution in [3.8, 4) is 0 Å². The number of carbonyl (C=O) groups is 1. The number of hydrogen-bond donors (Lipinski definition) is 1. The molecule has 1 aromatic carbocycles. The molecule has 112 valence electrons. The zero-order chi connectivity index (χ0) is 15.2. The standard InChI is InChI=1S/C16H25NO2S/c1-12(2)17-16(4,15(18)19-5)11-20-10-14-8-6-7-13(3)9-14/h6-9,12,17H,10-11H2,1-5H3. The Labute approximate surface area is 126 Å². The van der Waals surface area contributed by atoms with E-state index in [2.05, 4.69) is 36.5 Å². The maximum Gasteiger partial charge on any atom is 0.326 e. The summed E-state index contributed by atoms with van der Waals surface area (Å²) in [5, 5.41) is 3.31. The van der Waals surface area contributed by atoms with E-state index < -0.39 is 5.54 Å². The summed E-state index contributed by atoms with van der Waals surface area (Å²) in [6.45, 7) is 8.06. The Hall–Kier alpha value is -1.00. The van der Waals surface area contributed by atoms with Gasteiger partial charge in [-0.15, -0.1) is 0 Å². The number of thioether (sulfide) groups is 1. The second kappa shape index (κ2) is 7.70. The summed E-state index contributed by atoms with van der Waals surface area (Å²) in [7, 11) is 1.44. The van der Waals surface area contributed by atoms with Crippen molar-refractivity contribution in [2.75, 3.05) is 12.9 Å². The molecule has 0 amide bonds. The van der Waals surface area contributed by atoms with Gasteiger partial charge < -0.3 is 4.74 Å². The minimum absolute atomic E-state index is 0.206. The Kier molecular flexibility index (Phi) is 6.56. The van der Waals surface area contributed by atoms with E-state index in [1.165, 1.54) is 18.2 Å². The van der Waals surface area contributed by atoms with Crippen LogP contribution in [0.4, 0.5) is 0 Å². The predicted molar refractivity (Wildman–Crippen MR) is 86.0 cm³/mol. The first kappa shape index (κ1) is 17.1. The van der Waals surface area contributed by atoms with Crippen LogP contribution in [0.25, 0.3) is 0 Å². The molecule has 0 radical (unpaired) electrons. The lowest BCUT2D eigenvalue weighted by Crippen LogP contribution is -2.54. The van der Waals surface area contributed by atoms with Crippen LogP contribution in [0.15, 0.2) is 24.3 Å². The highest BCUT2D eigenvalue weighted by atomic mass is 32.2. The molecule has 20 heavy (non-hydrogen) atoms. The molecule has 0 fully saturated rings. The molecule has 1 aromatic rings. The summed E-state index contributed by atoms with van der Waals surface area (Å²) >= 11 is 1.74. The third kappa shape index (κ3) is 5.17. The third-order valence-electron chi connectivity index (χ3n) is 2.99. The van der Waals surface area contributed by atoms with E-state index in [-0.39, 0.29) is 12.0 Å². The first-order valence-electron chi connectivity index (χ1n) is 6.87. The number of nitrogens with one attached hydrogen (secondary N) is 1. The van der Waals surface area contributed by atoms with Crippen molar-refractivity contribution in [3.63, 3.8) is 0 Å². The van der Waals surface area contributed by atoms with Crippen LogP contribution in [0.1, 0.15) is 31.9 Å². The molecule has 1 N–H and O–H groups in total. The SMILES string of the molecule is COC(=O)C(C)(CSCc1cccc(C)c1)NC(C)C. The molecule has 0 aromatic heterocycles. The third-order valence-corrected chi connectivity index (χ3v) is 4.30. The average Bonchev–Trinajstić information content (AvgIpc) is 2.37. The Morgan fingerprint density at radius 3 is 2.70 bits per heavy atom. The lowest BCUT2D eigenvalue weighted by molar-refractivity contribution is -0.147. The zero-order valence-corrected chi connectivity index (χ0v) is 13.8. The van der Waals surface area contributed by atoms with Crippen molar-refractivity contribution in [2.45, 2.75) is 45.0 Å². The maximum absolute atomic E-state index is 12.0. The number of hydrogen-bond acceptors (Lipinski definition) is 4. The minimum Gasteiger partial charge on any atom is -0.468 e. The summed E-state index contributed by atoms with van der Waals surface area (Å²) in [6, 6.07) is 8.69. The zero-order valence-electron chi connectivity index (χ0n) is 13.0. The maximum atomic E-state index is 12.0. The lowest BCUT2D eigenvalue weighted by Gasteiger charge is -2.29.